The molecule has 1 aliphatic carbocycles. The van der Waals surface area contributed by atoms with Crippen molar-refractivity contribution in [2.75, 3.05) is 38.5 Å². The lowest BCUT2D eigenvalue weighted by atomic mass is 9.94. The summed E-state index contributed by atoms with van der Waals surface area (Å²) in [5.74, 6) is -0.106. The monoisotopic (exact) mass is 435 g/mol. The van der Waals surface area contributed by atoms with Crippen molar-refractivity contribution in [3.63, 3.8) is 0 Å². The van der Waals surface area contributed by atoms with Crippen molar-refractivity contribution in [1.82, 2.24) is 19.6 Å². The van der Waals surface area contributed by atoms with Crippen LogP contribution < -0.4 is 5.32 Å². The molecule has 0 radical (unpaired) electrons. The van der Waals surface area contributed by atoms with E-state index < -0.39 is 0 Å². The van der Waals surface area contributed by atoms with E-state index in [0.29, 0.717) is 11.4 Å². The Morgan fingerprint density at radius 2 is 1.90 bits per heavy atom. The third-order valence-electron chi connectivity index (χ3n) is 5.99. The molecule has 0 atom stereocenters. The Balaban J connectivity index is 1.61. The van der Waals surface area contributed by atoms with Crippen LogP contribution >= 0.6 is 11.3 Å². The van der Waals surface area contributed by atoms with Gasteiger partial charge in [0.05, 0.1) is 11.4 Å². The van der Waals surface area contributed by atoms with E-state index in [0.717, 1.165) is 61.5 Å². The number of carbonyl (C=O) groups is 2. The van der Waals surface area contributed by atoms with Gasteiger partial charge in [-0.15, -0.1) is 11.3 Å². The summed E-state index contributed by atoms with van der Waals surface area (Å²) in [5, 5.41) is 9.80. The number of nitrogens with one attached hydrogen (secondary N) is 1. The van der Waals surface area contributed by atoms with Crippen molar-refractivity contribution < 1.29 is 9.59 Å². The molecule has 5 rings (SSSR count). The summed E-state index contributed by atoms with van der Waals surface area (Å²) in [7, 11) is 2.08. The topological polar surface area (TPSA) is 70.5 Å². The van der Waals surface area contributed by atoms with Crippen LogP contribution in [0, 0.1) is 0 Å². The van der Waals surface area contributed by atoms with Crippen molar-refractivity contribution in [1.29, 1.82) is 0 Å². The predicted molar refractivity (Wildman–Crippen MR) is 122 cm³/mol. The smallest absolute Gasteiger partial charge is 0.274 e. The first kappa shape index (κ1) is 20.0. The largest absolute Gasteiger partial charge is 0.335 e. The van der Waals surface area contributed by atoms with Crippen LogP contribution in [0.3, 0.4) is 0 Å². The number of carbonyl (C=O) groups excluding carboxylic acids is 2. The Hall–Kier alpha value is -2.97. The Labute approximate surface area is 185 Å². The summed E-state index contributed by atoms with van der Waals surface area (Å²) in [4.78, 5) is 30.5. The zero-order chi connectivity index (χ0) is 21.5. The van der Waals surface area contributed by atoms with Crippen LogP contribution in [0.5, 0.6) is 0 Å². The predicted octanol–water partition coefficient (Wildman–Crippen LogP) is 3.05. The molecular formula is C23H25N5O2S. The minimum atomic E-state index is -0.120. The summed E-state index contributed by atoms with van der Waals surface area (Å²) in [5.41, 5.74) is 5.28. The number of likely N-dealkylation sites (N-methyl/N-ethyl adjacent to an activating group) is 1. The van der Waals surface area contributed by atoms with Gasteiger partial charge in [0.1, 0.15) is 0 Å². The van der Waals surface area contributed by atoms with Crippen LogP contribution in [-0.4, -0.2) is 64.6 Å². The van der Waals surface area contributed by atoms with Crippen LogP contribution in [-0.2, 0) is 17.6 Å². The van der Waals surface area contributed by atoms with Crippen molar-refractivity contribution in [3.8, 4) is 16.9 Å². The average molecular weight is 436 g/mol. The van der Waals surface area contributed by atoms with Crippen LogP contribution in [0.2, 0.25) is 0 Å². The molecule has 8 heteroatoms. The van der Waals surface area contributed by atoms with E-state index in [1.165, 1.54) is 11.8 Å². The minimum absolute atomic E-state index is 0.0137. The first-order valence-electron chi connectivity index (χ1n) is 10.6. The second kappa shape index (κ2) is 7.94. The summed E-state index contributed by atoms with van der Waals surface area (Å²) in [6.07, 6.45) is 1.74. The lowest BCUT2D eigenvalue weighted by molar-refractivity contribution is -0.114. The Bertz CT molecular complexity index is 1160. The number of nitrogens with zero attached hydrogens (tertiary/aromatic N) is 4. The number of hydrogen-bond donors (Lipinski definition) is 1. The van der Waals surface area contributed by atoms with Gasteiger partial charge in [-0.3, -0.25) is 9.59 Å². The number of rotatable bonds is 3. The summed E-state index contributed by atoms with van der Waals surface area (Å²) in [6.45, 7) is 4.69. The maximum atomic E-state index is 13.5. The number of aromatic nitrogens is 2. The Morgan fingerprint density at radius 1 is 1.10 bits per heavy atom. The highest BCUT2D eigenvalue weighted by atomic mass is 32.1. The zero-order valence-corrected chi connectivity index (χ0v) is 18.5. The number of benzene rings is 1. The van der Waals surface area contributed by atoms with E-state index in [9.17, 15) is 9.59 Å². The molecule has 3 heterocycles. The van der Waals surface area contributed by atoms with Gasteiger partial charge in [-0.2, -0.15) is 5.10 Å². The number of anilines is 1. The number of aryl methyl sites for hydroxylation is 1. The van der Waals surface area contributed by atoms with Crippen molar-refractivity contribution in [2.45, 2.75) is 19.8 Å². The molecule has 0 saturated carbocycles. The van der Waals surface area contributed by atoms with Crippen LogP contribution in [0.4, 0.5) is 5.69 Å². The highest BCUT2D eigenvalue weighted by Gasteiger charge is 2.32. The molecule has 2 amide bonds. The average Bonchev–Trinajstić information content (AvgIpc) is 3.38. The molecule has 1 aromatic carbocycles. The number of hydrogen-bond acceptors (Lipinski definition) is 5. The van der Waals surface area contributed by atoms with E-state index in [1.54, 1.807) is 11.3 Å². The van der Waals surface area contributed by atoms with Crippen LogP contribution in [0.15, 0.2) is 35.7 Å². The van der Waals surface area contributed by atoms with Gasteiger partial charge in [-0.25, -0.2) is 4.68 Å². The van der Waals surface area contributed by atoms with Gasteiger partial charge in [0.2, 0.25) is 5.91 Å². The Kier molecular flexibility index (Phi) is 5.11. The maximum absolute atomic E-state index is 13.5. The fourth-order valence-electron chi connectivity index (χ4n) is 4.38. The molecule has 2 aliphatic rings. The quantitative estimate of drug-likeness (QED) is 0.687. The molecule has 0 bridgehead atoms. The molecule has 0 unspecified atom stereocenters. The normalized spacial score (nSPS) is 16.0. The first-order chi connectivity index (χ1) is 15.0. The molecule has 3 aromatic rings. The molecule has 1 fully saturated rings. The molecular weight excluding hydrogens is 410 g/mol. The molecule has 160 valence electrons. The van der Waals surface area contributed by atoms with E-state index >= 15 is 0 Å². The number of piperazine rings is 1. The number of fused-ring (bicyclic) bond motifs is 3. The zero-order valence-electron chi connectivity index (χ0n) is 17.7. The molecule has 7 nitrogen and oxygen atoms in total. The SMILES string of the molecule is CC(=O)Nc1cccc(-n2nc(C(=O)N3CCN(C)CC3)c3c2-c2ccsc2CC3)c1. The van der Waals surface area contributed by atoms with Gasteiger partial charge in [-0.1, -0.05) is 6.07 Å². The summed E-state index contributed by atoms with van der Waals surface area (Å²) in [6, 6.07) is 9.74. The van der Waals surface area contributed by atoms with E-state index in [-0.39, 0.29) is 11.8 Å². The van der Waals surface area contributed by atoms with E-state index in [1.807, 2.05) is 33.8 Å². The Morgan fingerprint density at radius 3 is 2.68 bits per heavy atom. The second-order valence-electron chi connectivity index (χ2n) is 8.17. The van der Waals surface area contributed by atoms with Gasteiger partial charge in [0, 0.05) is 54.8 Å². The lowest BCUT2D eigenvalue weighted by Gasteiger charge is -2.32. The molecule has 0 spiro atoms. The van der Waals surface area contributed by atoms with Crippen LogP contribution in [0.25, 0.3) is 16.9 Å². The highest BCUT2D eigenvalue weighted by Crippen LogP contribution is 2.40. The van der Waals surface area contributed by atoms with Gasteiger partial charge < -0.3 is 15.1 Å². The molecule has 1 N–H and O–H groups in total. The minimum Gasteiger partial charge on any atom is -0.335 e. The van der Waals surface area contributed by atoms with Gasteiger partial charge in [0.25, 0.3) is 5.91 Å². The highest BCUT2D eigenvalue weighted by molar-refractivity contribution is 7.10. The van der Waals surface area contributed by atoms with E-state index in [2.05, 4.69) is 28.7 Å². The van der Waals surface area contributed by atoms with E-state index in [4.69, 9.17) is 5.10 Å². The fraction of sp³-hybridized carbons (Fsp3) is 0.348. The molecule has 31 heavy (non-hydrogen) atoms. The standard InChI is InChI=1S/C23H25N5O2S/c1-15(29)24-16-4-3-5-17(14-16)28-22-18-8-13-31-20(18)7-6-19(22)21(25-28)23(30)27-11-9-26(2)10-12-27/h3-5,8,13-14H,6-7,9-12H2,1-2H3,(H,24,29). The fourth-order valence-corrected chi connectivity index (χ4v) is 5.26. The third-order valence-corrected chi connectivity index (χ3v) is 6.97. The van der Waals surface area contributed by atoms with Crippen LogP contribution in [0.1, 0.15) is 27.9 Å². The summed E-state index contributed by atoms with van der Waals surface area (Å²) >= 11 is 1.75. The third kappa shape index (κ3) is 3.66. The number of amides is 2. The molecule has 2 aromatic heterocycles. The van der Waals surface area contributed by atoms with Gasteiger partial charge >= 0.3 is 0 Å². The van der Waals surface area contributed by atoms with Crippen molar-refractivity contribution in [3.05, 3.63) is 51.8 Å². The van der Waals surface area contributed by atoms with Crippen molar-refractivity contribution in [2.24, 2.45) is 0 Å². The first-order valence-corrected chi connectivity index (χ1v) is 11.4. The molecule has 1 aliphatic heterocycles. The summed E-state index contributed by atoms with van der Waals surface area (Å²) < 4.78 is 1.88. The second-order valence-corrected chi connectivity index (χ2v) is 9.17. The number of thiophene rings is 1. The van der Waals surface area contributed by atoms with Gasteiger partial charge in [-0.05, 0) is 49.5 Å². The van der Waals surface area contributed by atoms with Gasteiger partial charge in [0.15, 0.2) is 5.69 Å². The lowest BCUT2D eigenvalue weighted by Crippen LogP contribution is -2.47. The molecule has 1 saturated heterocycles. The maximum Gasteiger partial charge on any atom is 0.274 e. The van der Waals surface area contributed by atoms with Crippen molar-refractivity contribution >= 4 is 28.8 Å².